The number of benzene rings is 1. The standard InChI is InChI=1S/C23H31ClN6O3/c1-17-15-27-21(16-26-17)29-23(32)28-19-14-18(24)6-7-20(19)33-13-5-9-25-22(31)8-12-30-10-3-2-4-11-30/h6-7,14-16H,2-5,8-13H2,1H3,(H,25,31)(H2,27,28,29,32). The van der Waals surface area contributed by atoms with Crippen molar-refractivity contribution in [3.8, 4) is 5.75 Å². The van der Waals surface area contributed by atoms with Gasteiger partial charge in [-0.25, -0.2) is 9.78 Å². The lowest BCUT2D eigenvalue weighted by Crippen LogP contribution is -2.34. The van der Waals surface area contributed by atoms with E-state index in [1.54, 1.807) is 24.4 Å². The molecule has 9 nitrogen and oxygen atoms in total. The van der Waals surface area contributed by atoms with Crippen molar-refractivity contribution in [1.29, 1.82) is 0 Å². The van der Waals surface area contributed by atoms with Crippen LogP contribution in [0.2, 0.25) is 5.02 Å². The van der Waals surface area contributed by atoms with Crippen molar-refractivity contribution < 1.29 is 14.3 Å². The summed E-state index contributed by atoms with van der Waals surface area (Å²) < 4.78 is 5.81. The van der Waals surface area contributed by atoms with E-state index in [1.165, 1.54) is 25.5 Å². The Hall–Kier alpha value is -2.91. The van der Waals surface area contributed by atoms with Crippen molar-refractivity contribution >= 4 is 35.0 Å². The zero-order valence-electron chi connectivity index (χ0n) is 18.9. The van der Waals surface area contributed by atoms with E-state index in [0.29, 0.717) is 48.3 Å². The Morgan fingerprint density at radius 3 is 2.70 bits per heavy atom. The number of amides is 3. The summed E-state index contributed by atoms with van der Waals surface area (Å²) in [7, 11) is 0. The number of rotatable bonds is 10. The minimum atomic E-state index is -0.485. The SMILES string of the molecule is Cc1cnc(NC(=O)Nc2cc(Cl)ccc2OCCCNC(=O)CCN2CCCCC2)cn1. The van der Waals surface area contributed by atoms with Crippen LogP contribution in [0.4, 0.5) is 16.3 Å². The van der Waals surface area contributed by atoms with E-state index in [-0.39, 0.29) is 5.91 Å². The van der Waals surface area contributed by atoms with Gasteiger partial charge in [0.05, 0.1) is 30.4 Å². The summed E-state index contributed by atoms with van der Waals surface area (Å²) in [5.41, 5.74) is 1.19. The van der Waals surface area contributed by atoms with Crippen LogP contribution < -0.4 is 20.7 Å². The van der Waals surface area contributed by atoms with Crippen LogP contribution in [0, 0.1) is 6.92 Å². The van der Waals surface area contributed by atoms with Gasteiger partial charge in [-0.3, -0.25) is 15.1 Å². The Morgan fingerprint density at radius 2 is 1.94 bits per heavy atom. The molecule has 0 unspecified atom stereocenters. The molecule has 3 rings (SSSR count). The minimum Gasteiger partial charge on any atom is -0.491 e. The van der Waals surface area contributed by atoms with E-state index < -0.39 is 6.03 Å². The first-order valence-electron chi connectivity index (χ1n) is 11.3. The zero-order valence-corrected chi connectivity index (χ0v) is 19.7. The third-order valence-corrected chi connectivity index (χ3v) is 5.45. The van der Waals surface area contributed by atoms with Crippen LogP contribution in [-0.4, -0.2) is 59.6 Å². The molecule has 1 aromatic heterocycles. The van der Waals surface area contributed by atoms with E-state index in [9.17, 15) is 9.59 Å². The van der Waals surface area contributed by atoms with Crippen LogP contribution in [0.15, 0.2) is 30.6 Å². The van der Waals surface area contributed by atoms with Gasteiger partial charge in [0.1, 0.15) is 5.75 Å². The van der Waals surface area contributed by atoms with Crippen LogP contribution in [0.25, 0.3) is 0 Å². The maximum Gasteiger partial charge on any atom is 0.325 e. The second kappa shape index (κ2) is 13.0. The summed E-state index contributed by atoms with van der Waals surface area (Å²) >= 11 is 6.08. The van der Waals surface area contributed by atoms with E-state index in [1.807, 2.05) is 6.92 Å². The number of hydrogen-bond donors (Lipinski definition) is 3. The number of piperidine rings is 1. The third kappa shape index (κ3) is 8.86. The number of halogens is 1. The Labute approximate surface area is 199 Å². The third-order valence-electron chi connectivity index (χ3n) is 5.22. The molecule has 0 saturated carbocycles. The molecule has 0 aliphatic carbocycles. The predicted octanol–water partition coefficient (Wildman–Crippen LogP) is 3.84. The molecule has 10 heteroatoms. The topological polar surface area (TPSA) is 108 Å². The highest BCUT2D eigenvalue weighted by Crippen LogP contribution is 2.28. The lowest BCUT2D eigenvalue weighted by Gasteiger charge is -2.25. The number of aryl methyl sites for hydroxylation is 1. The molecule has 1 aliphatic rings. The van der Waals surface area contributed by atoms with Crippen LogP contribution in [0.5, 0.6) is 5.75 Å². The highest BCUT2D eigenvalue weighted by atomic mass is 35.5. The first kappa shape index (κ1) is 24.7. The van der Waals surface area contributed by atoms with Gasteiger partial charge in [0, 0.05) is 24.5 Å². The van der Waals surface area contributed by atoms with Gasteiger partial charge in [-0.05, 0) is 57.5 Å². The van der Waals surface area contributed by atoms with Gasteiger partial charge in [0.15, 0.2) is 5.82 Å². The number of nitrogens with zero attached hydrogens (tertiary/aromatic N) is 3. The van der Waals surface area contributed by atoms with E-state index in [4.69, 9.17) is 16.3 Å². The Morgan fingerprint density at radius 1 is 1.12 bits per heavy atom. The normalized spacial score (nSPS) is 13.9. The second-order valence-corrected chi connectivity index (χ2v) is 8.40. The lowest BCUT2D eigenvalue weighted by molar-refractivity contribution is -0.121. The fourth-order valence-electron chi connectivity index (χ4n) is 3.47. The van der Waals surface area contributed by atoms with Crippen LogP contribution in [0.3, 0.4) is 0 Å². The monoisotopic (exact) mass is 474 g/mol. The van der Waals surface area contributed by atoms with Crippen LogP contribution in [-0.2, 0) is 4.79 Å². The summed E-state index contributed by atoms with van der Waals surface area (Å²) in [6, 6.07) is 4.51. The maximum atomic E-state index is 12.3. The van der Waals surface area contributed by atoms with Gasteiger partial charge in [-0.15, -0.1) is 0 Å². The van der Waals surface area contributed by atoms with E-state index >= 15 is 0 Å². The lowest BCUT2D eigenvalue weighted by atomic mass is 10.1. The average molecular weight is 475 g/mol. The molecular weight excluding hydrogens is 444 g/mol. The molecule has 1 fully saturated rings. The molecule has 0 bridgehead atoms. The minimum absolute atomic E-state index is 0.0605. The van der Waals surface area contributed by atoms with Crippen molar-refractivity contribution in [3.63, 3.8) is 0 Å². The molecule has 1 saturated heterocycles. The number of aromatic nitrogens is 2. The number of ether oxygens (including phenoxy) is 1. The van der Waals surface area contributed by atoms with E-state index in [0.717, 1.165) is 25.3 Å². The number of carbonyl (C=O) groups excluding carboxylic acids is 2. The molecular formula is C23H31ClN6O3. The molecule has 2 aromatic rings. The molecule has 178 valence electrons. The van der Waals surface area contributed by atoms with Gasteiger partial charge < -0.3 is 20.3 Å². The average Bonchev–Trinajstić information content (AvgIpc) is 2.81. The Kier molecular flexibility index (Phi) is 9.71. The van der Waals surface area contributed by atoms with E-state index in [2.05, 4.69) is 30.8 Å². The highest BCUT2D eigenvalue weighted by molar-refractivity contribution is 6.31. The van der Waals surface area contributed by atoms with Crippen molar-refractivity contribution in [3.05, 3.63) is 41.3 Å². The van der Waals surface area contributed by atoms with Crippen molar-refractivity contribution in [2.75, 3.05) is 43.4 Å². The summed E-state index contributed by atoms with van der Waals surface area (Å²) in [5.74, 6) is 0.880. The molecule has 3 amide bonds. The summed E-state index contributed by atoms with van der Waals surface area (Å²) in [6.45, 7) is 5.73. The zero-order chi connectivity index (χ0) is 23.5. The largest absolute Gasteiger partial charge is 0.491 e. The predicted molar refractivity (Wildman–Crippen MR) is 129 cm³/mol. The second-order valence-electron chi connectivity index (χ2n) is 7.97. The van der Waals surface area contributed by atoms with Gasteiger partial charge in [-0.2, -0.15) is 0 Å². The molecule has 2 heterocycles. The highest BCUT2D eigenvalue weighted by Gasteiger charge is 2.12. The van der Waals surface area contributed by atoms with Gasteiger partial charge in [0.2, 0.25) is 5.91 Å². The van der Waals surface area contributed by atoms with Crippen LogP contribution in [0.1, 0.15) is 37.8 Å². The number of hydrogen-bond acceptors (Lipinski definition) is 6. The van der Waals surface area contributed by atoms with Gasteiger partial charge in [0.25, 0.3) is 0 Å². The van der Waals surface area contributed by atoms with Gasteiger partial charge in [-0.1, -0.05) is 18.0 Å². The number of likely N-dealkylation sites (tertiary alicyclic amines) is 1. The quantitative estimate of drug-likeness (QED) is 0.451. The molecule has 33 heavy (non-hydrogen) atoms. The maximum absolute atomic E-state index is 12.3. The Bertz CT molecular complexity index is 919. The number of nitrogens with one attached hydrogen (secondary N) is 3. The van der Waals surface area contributed by atoms with Gasteiger partial charge >= 0.3 is 6.03 Å². The summed E-state index contributed by atoms with van der Waals surface area (Å²) in [4.78, 5) is 34.9. The summed E-state index contributed by atoms with van der Waals surface area (Å²) in [5, 5.41) is 8.74. The molecule has 0 atom stereocenters. The van der Waals surface area contributed by atoms with Crippen molar-refractivity contribution in [2.24, 2.45) is 0 Å². The molecule has 1 aliphatic heterocycles. The smallest absolute Gasteiger partial charge is 0.325 e. The first-order chi connectivity index (χ1) is 16.0. The fraction of sp³-hybridized carbons (Fsp3) is 0.478. The van der Waals surface area contributed by atoms with Crippen molar-refractivity contribution in [2.45, 2.75) is 39.0 Å². The Balaban J connectivity index is 1.39. The number of urea groups is 1. The summed E-state index contributed by atoms with van der Waals surface area (Å²) in [6.07, 6.45) is 7.94. The number of anilines is 2. The molecule has 3 N–H and O–H groups in total. The van der Waals surface area contributed by atoms with Crippen molar-refractivity contribution in [1.82, 2.24) is 20.2 Å². The fourth-order valence-corrected chi connectivity index (χ4v) is 3.64. The number of carbonyl (C=O) groups is 2. The first-order valence-corrected chi connectivity index (χ1v) is 11.7. The van der Waals surface area contributed by atoms with Crippen LogP contribution >= 0.6 is 11.6 Å². The molecule has 0 radical (unpaired) electrons. The molecule has 0 spiro atoms. The molecule has 1 aromatic carbocycles.